The molecule has 1 atom stereocenters. The van der Waals surface area contributed by atoms with E-state index in [4.69, 9.17) is 9.15 Å². The predicted octanol–water partition coefficient (Wildman–Crippen LogP) is 5.18. The summed E-state index contributed by atoms with van der Waals surface area (Å²) in [6.07, 6.45) is 4.69. The molecule has 1 aliphatic heterocycles. The smallest absolute Gasteiger partial charge is 0.296 e. The molecule has 0 saturated carbocycles. The first-order chi connectivity index (χ1) is 17.5. The third-order valence-corrected chi connectivity index (χ3v) is 6.15. The van der Waals surface area contributed by atoms with Gasteiger partial charge in [-0.25, -0.2) is 0 Å². The fourth-order valence-corrected chi connectivity index (χ4v) is 4.36. The zero-order chi connectivity index (χ0) is 25.1. The van der Waals surface area contributed by atoms with Crippen LogP contribution in [0.25, 0.3) is 5.76 Å². The molecule has 180 valence electrons. The summed E-state index contributed by atoms with van der Waals surface area (Å²) in [5.74, 6) is -0.488. The number of Topliss-reactive ketones (excluding diaryl/α,β-unsaturated/α-hetero) is 1. The SMILES string of the molecule is Cc1cc(/C(O)=C2\C(=O)C(=O)N(Cc3ccco3)C2c2ccncc2)ccc1OCc1ccccc1. The van der Waals surface area contributed by atoms with Crippen molar-refractivity contribution in [1.82, 2.24) is 9.88 Å². The highest BCUT2D eigenvalue weighted by Gasteiger charge is 2.46. The topological polar surface area (TPSA) is 92.9 Å². The lowest BCUT2D eigenvalue weighted by molar-refractivity contribution is -0.140. The Hall–Kier alpha value is -4.65. The summed E-state index contributed by atoms with van der Waals surface area (Å²) < 4.78 is 11.4. The number of rotatable bonds is 7. The van der Waals surface area contributed by atoms with Crippen LogP contribution >= 0.6 is 0 Å². The Labute approximate surface area is 208 Å². The van der Waals surface area contributed by atoms with E-state index in [1.54, 1.807) is 54.9 Å². The van der Waals surface area contributed by atoms with Crippen molar-refractivity contribution in [3.05, 3.63) is 125 Å². The molecular weight excluding hydrogens is 456 g/mol. The van der Waals surface area contributed by atoms with Gasteiger partial charge in [0.1, 0.15) is 23.9 Å². The molecule has 0 radical (unpaired) electrons. The summed E-state index contributed by atoms with van der Waals surface area (Å²) in [6, 6.07) is 21.1. The maximum atomic E-state index is 13.2. The van der Waals surface area contributed by atoms with Crippen molar-refractivity contribution in [2.24, 2.45) is 0 Å². The predicted molar refractivity (Wildman–Crippen MR) is 133 cm³/mol. The molecule has 1 fully saturated rings. The van der Waals surface area contributed by atoms with Crippen LogP contribution in [0.4, 0.5) is 0 Å². The van der Waals surface area contributed by atoms with Gasteiger partial charge < -0.3 is 19.2 Å². The molecule has 0 bridgehead atoms. The van der Waals surface area contributed by atoms with Crippen molar-refractivity contribution in [3.63, 3.8) is 0 Å². The Morgan fingerprint density at radius 3 is 2.50 bits per heavy atom. The number of ether oxygens (including phenoxy) is 1. The second-order valence-corrected chi connectivity index (χ2v) is 8.54. The van der Waals surface area contributed by atoms with E-state index in [9.17, 15) is 14.7 Å². The minimum absolute atomic E-state index is 0.0233. The van der Waals surface area contributed by atoms with E-state index in [1.165, 1.54) is 11.2 Å². The van der Waals surface area contributed by atoms with Crippen LogP contribution in [0, 0.1) is 6.92 Å². The quantitative estimate of drug-likeness (QED) is 0.222. The molecule has 1 unspecified atom stereocenters. The fraction of sp³-hybridized carbons (Fsp3) is 0.138. The van der Waals surface area contributed by atoms with E-state index in [2.05, 4.69) is 4.98 Å². The van der Waals surface area contributed by atoms with E-state index in [0.717, 1.165) is 11.1 Å². The molecule has 7 nitrogen and oxygen atoms in total. The number of carbonyl (C=O) groups is 2. The molecule has 2 aromatic heterocycles. The van der Waals surface area contributed by atoms with E-state index in [1.807, 2.05) is 37.3 Å². The molecule has 1 N–H and O–H groups in total. The number of amides is 1. The number of likely N-dealkylation sites (tertiary alicyclic amines) is 1. The van der Waals surface area contributed by atoms with Gasteiger partial charge in [0, 0.05) is 18.0 Å². The van der Waals surface area contributed by atoms with Crippen LogP contribution in [-0.4, -0.2) is 26.7 Å². The molecule has 4 aromatic rings. The van der Waals surface area contributed by atoms with Crippen molar-refractivity contribution in [2.75, 3.05) is 0 Å². The van der Waals surface area contributed by atoms with E-state index < -0.39 is 17.7 Å². The lowest BCUT2D eigenvalue weighted by atomic mass is 9.95. The van der Waals surface area contributed by atoms with Crippen molar-refractivity contribution < 1.29 is 23.8 Å². The fourth-order valence-electron chi connectivity index (χ4n) is 4.36. The molecule has 3 heterocycles. The van der Waals surface area contributed by atoms with Gasteiger partial charge in [0.2, 0.25) is 0 Å². The van der Waals surface area contributed by atoms with Crippen molar-refractivity contribution in [1.29, 1.82) is 0 Å². The van der Waals surface area contributed by atoms with E-state index in [-0.39, 0.29) is 17.9 Å². The third-order valence-electron chi connectivity index (χ3n) is 6.15. The van der Waals surface area contributed by atoms with Crippen LogP contribution in [0.15, 0.2) is 101 Å². The minimum Gasteiger partial charge on any atom is -0.507 e. The van der Waals surface area contributed by atoms with Gasteiger partial charge in [-0.3, -0.25) is 14.6 Å². The van der Waals surface area contributed by atoms with Crippen molar-refractivity contribution in [3.8, 4) is 5.75 Å². The first kappa shape index (κ1) is 23.1. The maximum absolute atomic E-state index is 13.2. The number of hydrogen-bond acceptors (Lipinski definition) is 6. The zero-order valence-electron chi connectivity index (χ0n) is 19.6. The first-order valence-corrected chi connectivity index (χ1v) is 11.5. The monoisotopic (exact) mass is 480 g/mol. The largest absolute Gasteiger partial charge is 0.507 e. The van der Waals surface area contributed by atoms with Crippen LogP contribution in [-0.2, 0) is 22.7 Å². The van der Waals surface area contributed by atoms with Gasteiger partial charge in [-0.15, -0.1) is 0 Å². The molecule has 7 heteroatoms. The molecule has 0 aliphatic carbocycles. The molecule has 36 heavy (non-hydrogen) atoms. The van der Waals surface area contributed by atoms with Gasteiger partial charge in [-0.2, -0.15) is 0 Å². The van der Waals surface area contributed by atoms with Crippen LogP contribution in [0.1, 0.15) is 34.1 Å². The average molecular weight is 481 g/mol. The van der Waals surface area contributed by atoms with Crippen LogP contribution in [0.3, 0.4) is 0 Å². The molecule has 1 amide bonds. The number of carbonyl (C=O) groups excluding carboxylic acids is 2. The van der Waals surface area contributed by atoms with E-state index in [0.29, 0.717) is 29.2 Å². The summed E-state index contributed by atoms with van der Waals surface area (Å²) in [6.45, 7) is 2.37. The van der Waals surface area contributed by atoms with Gasteiger partial charge >= 0.3 is 0 Å². The zero-order valence-corrected chi connectivity index (χ0v) is 19.6. The highest BCUT2D eigenvalue weighted by Crippen LogP contribution is 2.40. The van der Waals surface area contributed by atoms with Crippen molar-refractivity contribution >= 4 is 17.4 Å². The number of hydrogen-bond donors (Lipinski definition) is 1. The first-order valence-electron chi connectivity index (χ1n) is 11.5. The Morgan fingerprint density at radius 1 is 1.03 bits per heavy atom. The summed E-state index contributed by atoms with van der Waals surface area (Å²) in [4.78, 5) is 31.7. The summed E-state index contributed by atoms with van der Waals surface area (Å²) >= 11 is 0. The second-order valence-electron chi connectivity index (χ2n) is 8.54. The molecule has 0 spiro atoms. The molecule has 5 rings (SSSR count). The number of aliphatic hydroxyl groups excluding tert-OH is 1. The minimum atomic E-state index is -0.785. The van der Waals surface area contributed by atoms with E-state index >= 15 is 0 Å². The number of nitrogens with zero attached hydrogens (tertiary/aromatic N) is 2. The van der Waals surface area contributed by atoms with Crippen LogP contribution in [0.2, 0.25) is 0 Å². The number of aromatic nitrogens is 1. The van der Waals surface area contributed by atoms with Gasteiger partial charge in [0.05, 0.1) is 24.4 Å². The number of pyridine rings is 1. The number of ketones is 1. The summed E-state index contributed by atoms with van der Waals surface area (Å²) in [7, 11) is 0. The average Bonchev–Trinajstić information content (AvgIpc) is 3.51. The lowest BCUT2D eigenvalue weighted by Crippen LogP contribution is -2.29. The molecule has 1 saturated heterocycles. The van der Waals surface area contributed by atoms with Gasteiger partial charge in [0.15, 0.2) is 0 Å². The summed E-state index contributed by atoms with van der Waals surface area (Å²) in [5, 5.41) is 11.3. The second kappa shape index (κ2) is 9.92. The number of aliphatic hydroxyl groups is 1. The normalized spacial score (nSPS) is 16.9. The maximum Gasteiger partial charge on any atom is 0.296 e. The number of aryl methyl sites for hydroxylation is 1. The molecule has 1 aliphatic rings. The Morgan fingerprint density at radius 2 is 1.81 bits per heavy atom. The van der Waals surface area contributed by atoms with Gasteiger partial charge in [-0.05, 0) is 66.1 Å². The van der Waals surface area contributed by atoms with Crippen molar-refractivity contribution in [2.45, 2.75) is 26.1 Å². The third kappa shape index (κ3) is 4.51. The summed E-state index contributed by atoms with van der Waals surface area (Å²) in [5.41, 5.74) is 2.94. The van der Waals surface area contributed by atoms with Gasteiger partial charge in [-0.1, -0.05) is 30.3 Å². The molecular formula is C29H24N2O5. The number of benzene rings is 2. The molecule has 2 aromatic carbocycles. The Bertz CT molecular complexity index is 1410. The number of furan rings is 1. The van der Waals surface area contributed by atoms with Crippen LogP contribution < -0.4 is 4.74 Å². The highest BCUT2D eigenvalue weighted by molar-refractivity contribution is 6.46. The lowest BCUT2D eigenvalue weighted by Gasteiger charge is -2.24. The Kier molecular flexibility index (Phi) is 6.36. The highest BCUT2D eigenvalue weighted by atomic mass is 16.5. The van der Waals surface area contributed by atoms with Gasteiger partial charge in [0.25, 0.3) is 11.7 Å². The van der Waals surface area contributed by atoms with Crippen LogP contribution in [0.5, 0.6) is 5.75 Å². The standard InChI is InChI=1S/C29H24N2O5/c1-19-16-22(9-10-24(19)36-18-20-6-3-2-4-7-20)27(32)25-26(21-11-13-30-14-12-21)31(29(34)28(25)33)17-23-8-5-15-35-23/h2-16,26,32H,17-18H2,1H3/b27-25+. The Balaban J connectivity index is 1.50.